The summed E-state index contributed by atoms with van der Waals surface area (Å²) in [7, 11) is 3.03. The highest BCUT2D eigenvalue weighted by atomic mass is 19.1. The van der Waals surface area contributed by atoms with Gasteiger partial charge < -0.3 is 14.8 Å². The number of aromatic amines is 1. The zero-order valence-corrected chi connectivity index (χ0v) is 13.9. The maximum Gasteiger partial charge on any atom is 0.162 e. The molecule has 0 bridgehead atoms. The van der Waals surface area contributed by atoms with Crippen LogP contribution in [0.5, 0.6) is 11.5 Å². The van der Waals surface area contributed by atoms with Gasteiger partial charge in [-0.05, 0) is 18.2 Å². The molecule has 2 aromatic carbocycles. The summed E-state index contributed by atoms with van der Waals surface area (Å²) in [5, 5.41) is 9.86. The molecule has 1 aliphatic rings. The lowest BCUT2D eigenvalue weighted by atomic mass is 10.1. The number of fused-ring (bicyclic) bond motifs is 3. The predicted octanol–water partition coefficient (Wildman–Crippen LogP) is 3.88. The van der Waals surface area contributed by atoms with Crippen molar-refractivity contribution >= 4 is 17.2 Å². The maximum absolute atomic E-state index is 14.3. The van der Waals surface area contributed by atoms with Crippen LogP contribution >= 0.6 is 0 Å². The van der Waals surface area contributed by atoms with Gasteiger partial charge in [-0.2, -0.15) is 5.10 Å². The summed E-state index contributed by atoms with van der Waals surface area (Å²) in [4.78, 5) is 4.37. The number of anilines is 1. The molecule has 2 N–H and O–H groups in total. The molecule has 0 atom stereocenters. The third kappa shape index (κ3) is 2.46. The van der Waals surface area contributed by atoms with E-state index in [9.17, 15) is 8.78 Å². The zero-order chi connectivity index (χ0) is 18.3. The summed E-state index contributed by atoms with van der Waals surface area (Å²) < 4.78 is 39.2. The number of halogens is 2. The van der Waals surface area contributed by atoms with Crippen molar-refractivity contribution in [2.45, 2.75) is 0 Å². The van der Waals surface area contributed by atoms with E-state index < -0.39 is 11.6 Å². The Balaban J connectivity index is 1.96. The summed E-state index contributed by atoms with van der Waals surface area (Å²) in [6.45, 7) is 0. The van der Waals surface area contributed by atoms with E-state index in [2.05, 4.69) is 20.5 Å². The molecular formula is C18H14F2N4O2. The first-order chi connectivity index (χ1) is 12.6. The van der Waals surface area contributed by atoms with Gasteiger partial charge in [0.2, 0.25) is 0 Å². The van der Waals surface area contributed by atoms with Gasteiger partial charge in [0.15, 0.2) is 11.5 Å². The molecule has 3 aromatic rings. The number of amidine groups is 1. The Bertz CT molecular complexity index is 1010. The fraction of sp³-hybridized carbons (Fsp3) is 0.111. The fourth-order valence-corrected chi connectivity index (χ4v) is 2.87. The number of aliphatic imine (C=N–C) groups is 1. The van der Waals surface area contributed by atoms with Crippen LogP contribution in [-0.4, -0.2) is 30.3 Å². The molecule has 132 valence electrons. The first kappa shape index (κ1) is 16.1. The summed E-state index contributed by atoms with van der Waals surface area (Å²) in [5.74, 6) is -0.422. The number of ether oxygens (including phenoxy) is 2. The van der Waals surface area contributed by atoms with E-state index in [4.69, 9.17) is 9.47 Å². The van der Waals surface area contributed by atoms with Gasteiger partial charge in [0, 0.05) is 11.6 Å². The minimum atomic E-state index is -0.717. The van der Waals surface area contributed by atoms with Crippen molar-refractivity contribution in [3.05, 3.63) is 53.7 Å². The Morgan fingerprint density at radius 1 is 1.00 bits per heavy atom. The highest BCUT2D eigenvalue weighted by molar-refractivity contribution is 6.13. The molecule has 26 heavy (non-hydrogen) atoms. The third-order valence-electron chi connectivity index (χ3n) is 4.10. The monoisotopic (exact) mass is 356 g/mol. The smallest absolute Gasteiger partial charge is 0.162 e. The lowest BCUT2D eigenvalue weighted by Gasteiger charge is -2.15. The number of nitrogens with zero attached hydrogens (tertiary/aromatic N) is 2. The molecule has 0 unspecified atom stereocenters. The van der Waals surface area contributed by atoms with Gasteiger partial charge in [0.25, 0.3) is 0 Å². The second-order valence-corrected chi connectivity index (χ2v) is 5.57. The molecule has 6 nitrogen and oxygen atoms in total. The second-order valence-electron chi connectivity index (χ2n) is 5.57. The Labute approximate surface area is 147 Å². The Morgan fingerprint density at radius 2 is 1.69 bits per heavy atom. The number of nitrogens with one attached hydrogen (secondary N) is 2. The number of hydrogen-bond acceptors (Lipinski definition) is 5. The van der Waals surface area contributed by atoms with Gasteiger partial charge in [0.1, 0.15) is 23.2 Å². The van der Waals surface area contributed by atoms with E-state index in [1.807, 2.05) is 0 Å². The first-order valence-corrected chi connectivity index (χ1v) is 7.72. The molecule has 0 radical (unpaired) electrons. The van der Waals surface area contributed by atoms with Gasteiger partial charge in [-0.1, -0.05) is 6.07 Å². The number of hydrogen-bond donors (Lipinski definition) is 2. The molecule has 4 rings (SSSR count). The molecule has 0 fully saturated rings. The summed E-state index contributed by atoms with van der Waals surface area (Å²) in [5.41, 5.74) is 2.03. The highest BCUT2D eigenvalue weighted by Gasteiger charge is 2.24. The van der Waals surface area contributed by atoms with Crippen molar-refractivity contribution in [1.29, 1.82) is 0 Å². The first-order valence-electron chi connectivity index (χ1n) is 7.72. The standard InChI is InChI=1S/C18H14F2N4O2/c1-25-14-6-9-12(7-15(14)26-2)22-18(23-13-8-21-24-17(9)13)16-10(19)4-3-5-11(16)20/h3-8H,1-2H3,(H,21,24)(H,22,23). The van der Waals surface area contributed by atoms with Crippen LogP contribution in [0.2, 0.25) is 0 Å². The van der Waals surface area contributed by atoms with Gasteiger partial charge in [-0.3, -0.25) is 5.10 Å². The van der Waals surface area contributed by atoms with Crippen LogP contribution in [0.25, 0.3) is 11.3 Å². The highest BCUT2D eigenvalue weighted by Crippen LogP contribution is 2.43. The molecular weight excluding hydrogens is 342 g/mol. The van der Waals surface area contributed by atoms with Crippen molar-refractivity contribution < 1.29 is 18.3 Å². The molecule has 0 aliphatic carbocycles. The molecule has 8 heteroatoms. The lowest BCUT2D eigenvalue weighted by molar-refractivity contribution is 0.355. The molecule has 1 aromatic heterocycles. The van der Waals surface area contributed by atoms with Gasteiger partial charge in [-0.15, -0.1) is 0 Å². The Morgan fingerprint density at radius 3 is 2.38 bits per heavy atom. The van der Waals surface area contributed by atoms with Crippen LogP contribution in [0, 0.1) is 11.6 Å². The van der Waals surface area contributed by atoms with E-state index in [1.165, 1.54) is 38.6 Å². The Kier molecular flexibility index (Phi) is 3.80. The maximum atomic E-state index is 14.3. The minimum Gasteiger partial charge on any atom is -0.493 e. The van der Waals surface area contributed by atoms with Crippen molar-refractivity contribution in [1.82, 2.24) is 10.2 Å². The topological polar surface area (TPSA) is 71.5 Å². The number of aromatic nitrogens is 2. The average Bonchev–Trinajstić information content (AvgIpc) is 3.03. The largest absolute Gasteiger partial charge is 0.493 e. The summed E-state index contributed by atoms with van der Waals surface area (Å²) >= 11 is 0. The zero-order valence-electron chi connectivity index (χ0n) is 13.9. The van der Waals surface area contributed by atoms with Crippen molar-refractivity contribution in [3.63, 3.8) is 0 Å². The molecule has 1 aliphatic heterocycles. The minimum absolute atomic E-state index is 0.0363. The molecule has 0 spiro atoms. The van der Waals surface area contributed by atoms with Crippen LogP contribution in [-0.2, 0) is 0 Å². The van der Waals surface area contributed by atoms with Gasteiger partial charge in [-0.25, -0.2) is 13.8 Å². The SMILES string of the molecule is COc1cc2c(cc1OC)-c1[nH]ncc1N=C(c1c(F)cccc1F)N2. The fourth-order valence-electron chi connectivity index (χ4n) is 2.87. The van der Waals surface area contributed by atoms with E-state index in [0.29, 0.717) is 34.1 Å². The number of methoxy groups -OCH3 is 2. The van der Waals surface area contributed by atoms with Gasteiger partial charge in [0.05, 0.1) is 37.4 Å². The number of rotatable bonds is 3. The van der Waals surface area contributed by atoms with Crippen molar-refractivity contribution in [3.8, 4) is 22.8 Å². The van der Waals surface area contributed by atoms with Crippen molar-refractivity contribution in [2.24, 2.45) is 4.99 Å². The lowest BCUT2D eigenvalue weighted by Crippen LogP contribution is -2.17. The quantitative estimate of drug-likeness (QED) is 0.747. The van der Waals surface area contributed by atoms with Crippen LogP contribution < -0.4 is 14.8 Å². The van der Waals surface area contributed by atoms with Crippen LogP contribution in [0.15, 0.2) is 41.5 Å². The third-order valence-corrected chi connectivity index (χ3v) is 4.10. The van der Waals surface area contributed by atoms with E-state index in [0.717, 1.165) is 0 Å². The van der Waals surface area contributed by atoms with E-state index in [-0.39, 0.29) is 11.4 Å². The molecule has 0 saturated heterocycles. The van der Waals surface area contributed by atoms with Crippen LogP contribution in [0.4, 0.5) is 20.2 Å². The normalized spacial score (nSPS) is 12.4. The Hall–Kier alpha value is -3.42. The van der Waals surface area contributed by atoms with E-state index in [1.54, 1.807) is 12.1 Å². The predicted molar refractivity (Wildman–Crippen MR) is 93.3 cm³/mol. The van der Waals surface area contributed by atoms with Gasteiger partial charge >= 0.3 is 0 Å². The molecule has 0 amide bonds. The second kappa shape index (κ2) is 6.14. The summed E-state index contributed by atoms with van der Waals surface area (Å²) in [6, 6.07) is 7.09. The number of benzene rings is 2. The molecule has 2 heterocycles. The van der Waals surface area contributed by atoms with E-state index >= 15 is 0 Å². The number of H-pyrrole nitrogens is 1. The summed E-state index contributed by atoms with van der Waals surface area (Å²) in [6.07, 6.45) is 1.49. The molecule has 0 saturated carbocycles. The van der Waals surface area contributed by atoms with Crippen LogP contribution in [0.1, 0.15) is 5.56 Å². The van der Waals surface area contributed by atoms with Crippen LogP contribution in [0.3, 0.4) is 0 Å². The average molecular weight is 356 g/mol. The van der Waals surface area contributed by atoms with Crippen molar-refractivity contribution in [2.75, 3.05) is 19.5 Å².